The highest BCUT2D eigenvalue weighted by molar-refractivity contribution is 6.05. The lowest BCUT2D eigenvalue weighted by atomic mass is 9.87. The van der Waals surface area contributed by atoms with E-state index in [1.54, 1.807) is 18.3 Å². The van der Waals surface area contributed by atoms with Gasteiger partial charge in [0.25, 0.3) is 11.8 Å². The number of carbonyl (C=O) groups is 3. The van der Waals surface area contributed by atoms with Gasteiger partial charge in [0.2, 0.25) is 0 Å². The van der Waals surface area contributed by atoms with Gasteiger partial charge in [-0.25, -0.2) is 0 Å². The molecule has 0 spiro atoms. The fourth-order valence-electron chi connectivity index (χ4n) is 2.99. The molecule has 2 N–H and O–H groups in total. The number of fused-ring (bicyclic) bond motifs is 1. The first-order chi connectivity index (χ1) is 13.7. The van der Waals surface area contributed by atoms with Crippen LogP contribution < -0.4 is 5.32 Å². The third kappa shape index (κ3) is 5.10. The minimum Gasteiger partial charge on any atom is -0.455 e. The first-order valence-electron chi connectivity index (χ1n) is 9.39. The number of aromatic nitrogens is 1. The fourth-order valence-corrected chi connectivity index (χ4v) is 2.99. The van der Waals surface area contributed by atoms with Crippen LogP contribution in [-0.4, -0.2) is 29.4 Å². The number of para-hydroxylation sites is 1. The summed E-state index contributed by atoms with van der Waals surface area (Å²) in [5.41, 5.74) is 3.16. The maximum atomic E-state index is 12.2. The summed E-state index contributed by atoms with van der Waals surface area (Å²) in [6.45, 7) is 5.73. The Morgan fingerprint density at radius 1 is 1.00 bits per heavy atom. The predicted octanol–water partition coefficient (Wildman–Crippen LogP) is 3.51. The van der Waals surface area contributed by atoms with Crippen LogP contribution in [0.1, 0.15) is 42.3 Å². The van der Waals surface area contributed by atoms with Crippen molar-refractivity contribution in [1.29, 1.82) is 0 Å². The van der Waals surface area contributed by atoms with Gasteiger partial charge in [-0.1, -0.05) is 51.1 Å². The van der Waals surface area contributed by atoms with Crippen LogP contribution in [0.3, 0.4) is 0 Å². The summed E-state index contributed by atoms with van der Waals surface area (Å²) in [7, 11) is 0. The van der Waals surface area contributed by atoms with E-state index in [2.05, 4.69) is 31.1 Å². The number of esters is 1. The van der Waals surface area contributed by atoms with Crippen LogP contribution in [-0.2, 0) is 26.2 Å². The first kappa shape index (κ1) is 20.3. The quantitative estimate of drug-likeness (QED) is 0.651. The Balaban J connectivity index is 1.50. The van der Waals surface area contributed by atoms with Crippen molar-refractivity contribution in [2.45, 2.75) is 32.6 Å². The lowest BCUT2D eigenvalue weighted by Gasteiger charge is -2.18. The van der Waals surface area contributed by atoms with Crippen LogP contribution in [0.4, 0.5) is 0 Å². The number of rotatable bonds is 5. The number of carbonyl (C=O) groups excluding carboxylic acids is 3. The summed E-state index contributed by atoms with van der Waals surface area (Å²) in [6, 6.07) is 14.7. The second-order valence-electron chi connectivity index (χ2n) is 7.90. The minimum atomic E-state index is -0.665. The summed E-state index contributed by atoms with van der Waals surface area (Å²) in [5, 5.41) is 3.17. The molecule has 0 atom stereocenters. The largest absolute Gasteiger partial charge is 0.455 e. The average Bonchev–Trinajstić information content (AvgIpc) is 3.09. The number of amides is 2. The van der Waals surface area contributed by atoms with E-state index < -0.39 is 24.4 Å². The lowest BCUT2D eigenvalue weighted by molar-refractivity contribution is -0.147. The molecule has 0 saturated carbocycles. The Bertz CT molecular complexity index is 1040. The number of benzene rings is 2. The number of hydrogen-bond acceptors (Lipinski definition) is 4. The van der Waals surface area contributed by atoms with E-state index in [0.717, 1.165) is 22.0 Å². The first-order valence-corrected chi connectivity index (χ1v) is 9.39. The maximum Gasteiger partial charge on any atom is 0.310 e. The third-order valence-corrected chi connectivity index (χ3v) is 4.64. The molecule has 0 aliphatic rings. The normalized spacial score (nSPS) is 11.3. The molecule has 2 amide bonds. The van der Waals surface area contributed by atoms with E-state index in [-0.39, 0.29) is 11.8 Å². The zero-order valence-corrected chi connectivity index (χ0v) is 16.7. The second-order valence-corrected chi connectivity index (χ2v) is 7.90. The predicted molar refractivity (Wildman–Crippen MR) is 111 cm³/mol. The van der Waals surface area contributed by atoms with Gasteiger partial charge in [0.05, 0.1) is 6.42 Å². The third-order valence-electron chi connectivity index (χ3n) is 4.64. The van der Waals surface area contributed by atoms with Crippen LogP contribution in [0.15, 0.2) is 54.7 Å². The standard InChI is InChI=1S/C23H24N2O4/c1-23(2,3)17-10-8-15(9-11-17)22(28)25-20(26)14-29-21(27)12-16-13-24-19-7-5-4-6-18(16)19/h4-11,13,24H,12,14H2,1-3H3,(H,25,26,28). The number of imide groups is 1. The SMILES string of the molecule is CC(C)(C)c1ccc(C(=O)NC(=O)COC(=O)Cc2c[nH]c3ccccc23)cc1. The Hall–Kier alpha value is -3.41. The van der Waals surface area contributed by atoms with Gasteiger partial charge in [0.1, 0.15) is 0 Å². The van der Waals surface area contributed by atoms with Gasteiger partial charge in [-0.3, -0.25) is 19.7 Å². The van der Waals surface area contributed by atoms with Crippen molar-refractivity contribution in [3.05, 3.63) is 71.4 Å². The number of ether oxygens (including phenoxy) is 1. The Labute approximate surface area is 169 Å². The van der Waals surface area contributed by atoms with Crippen LogP contribution in [0.25, 0.3) is 10.9 Å². The summed E-state index contributed by atoms with van der Waals surface area (Å²) < 4.78 is 5.01. The molecule has 150 valence electrons. The minimum absolute atomic E-state index is 0.0240. The molecule has 29 heavy (non-hydrogen) atoms. The number of H-pyrrole nitrogens is 1. The van der Waals surface area contributed by atoms with Gasteiger partial charge >= 0.3 is 5.97 Å². The number of hydrogen-bond donors (Lipinski definition) is 2. The van der Waals surface area contributed by atoms with Crippen molar-refractivity contribution in [1.82, 2.24) is 10.3 Å². The van der Waals surface area contributed by atoms with Crippen LogP contribution in [0.5, 0.6) is 0 Å². The average molecular weight is 392 g/mol. The van der Waals surface area contributed by atoms with Gasteiger partial charge in [-0.2, -0.15) is 0 Å². The monoisotopic (exact) mass is 392 g/mol. The fraction of sp³-hybridized carbons (Fsp3) is 0.261. The van der Waals surface area contributed by atoms with Gasteiger partial charge in [0.15, 0.2) is 6.61 Å². The van der Waals surface area contributed by atoms with Crippen molar-refractivity contribution in [2.75, 3.05) is 6.61 Å². The van der Waals surface area contributed by atoms with E-state index in [1.165, 1.54) is 0 Å². The molecule has 2 aromatic carbocycles. The Morgan fingerprint density at radius 2 is 1.69 bits per heavy atom. The molecule has 3 rings (SSSR count). The number of nitrogens with one attached hydrogen (secondary N) is 2. The molecule has 1 aromatic heterocycles. The summed E-state index contributed by atoms with van der Waals surface area (Å²) >= 11 is 0. The maximum absolute atomic E-state index is 12.2. The van der Waals surface area contributed by atoms with Crippen molar-refractivity contribution >= 4 is 28.7 Å². The van der Waals surface area contributed by atoms with Crippen LogP contribution in [0.2, 0.25) is 0 Å². The van der Waals surface area contributed by atoms with Gasteiger partial charge in [0, 0.05) is 22.7 Å². The molecule has 0 radical (unpaired) electrons. The molecule has 1 heterocycles. The van der Waals surface area contributed by atoms with E-state index in [1.807, 2.05) is 36.4 Å². The molecule has 0 saturated heterocycles. The molecule has 0 aliphatic heterocycles. The van der Waals surface area contributed by atoms with E-state index in [0.29, 0.717) is 5.56 Å². The highest BCUT2D eigenvalue weighted by Gasteiger charge is 2.16. The van der Waals surface area contributed by atoms with E-state index in [9.17, 15) is 14.4 Å². The van der Waals surface area contributed by atoms with Crippen LogP contribution in [0, 0.1) is 0 Å². The van der Waals surface area contributed by atoms with E-state index >= 15 is 0 Å². The lowest BCUT2D eigenvalue weighted by Crippen LogP contribution is -2.34. The molecular formula is C23H24N2O4. The highest BCUT2D eigenvalue weighted by atomic mass is 16.5. The highest BCUT2D eigenvalue weighted by Crippen LogP contribution is 2.22. The second kappa shape index (κ2) is 8.31. The van der Waals surface area contributed by atoms with Gasteiger partial charge < -0.3 is 9.72 Å². The molecule has 3 aromatic rings. The van der Waals surface area contributed by atoms with Gasteiger partial charge in [-0.05, 0) is 34.7 Å². The molecule has 0 aliphatic carbocycles. The van der Waals surface area contributed by atoms with Gasteiger partial charge in [-0.15, -0.1) is 0 Å². The zero-order valence-electron chi connectivity index (χ0n) is 16.7. The molecule has 0 unspecified atom stereocenters. The molecule has 0 fully saturated rings. The number of aromatic amines is 1. The van der Waals surface area contributed by atoms with Crippen molar-refractivity contribution in [3.63, 3.8) is 0 Å². The Kier molecular flexibility index (Phi) is 5.82. The molecule has 0 bridgehead atoms. The summed E-state index contributed by atoms with van der Waals surface area (Å²) in [4.78, 5) is 39.3. The smallest absolute Gasteiger partial charge is 0.310 e. The van der Waals surface area contributed by atoms with Crippen molar-refractivity contribution < 1.29 is 19.1 Å². The van der Waals surface area contributed by atoms with Crippen molar-refractivity contribution in [2.24, 2.45) is 0 Å². The summed E-state index contributed by atoms with van der Waals surface area (Å²) in [5.74, 6) is -1.72. The molecule has 6 nitrogen and oxygen atoms in total. The van der Waals surface area contributed by atoms with Crippen LogP contribution >= 0.6 is 0 Å². The topological polar surface area (TPSA) is 88.3 Å². The zero-order chi connectivity index (χ0) is 21.0. The molecule has 6 heteroatoms. The van der Waals surface area contributed by atoms with Crippen molar-refractivity contribution in [3.8, 4) is 0 Å². The summed E-state index contributed by atoms with van der Waals surface area (Å²) in [6.07, 6.45) is 1.79. The van der Waals surface area contributed by atoms with E-state index in [4.69, 9.17) is 4.74 Å². The Morgan fingerprint density at radius 3 is 2.38 bits per heavy atom. The molecular weight excluding hydrogens is 368 g/mol.